The quantitative estimate of drug-likeness (QED) is 0.836. The highest BCUT2D eigenvalue weighted by Crippen LogP contribution is 2.41. The van der Waals surface area contributed by atoms with Gasteiger partial charge in [0.2, 0.25) is 0 Å². The summed E-state index contributed by atoms with van der Waals surface area (Å²) in [6.45, 7) is 6.22. The smallest absolute Gasteiger partial charge is 0.265 e. The van der Waals surface area contributed by atoms with Crippen LogP contribution in [0.1, 0.15) is 31.9 Å². The number of carbonyl (C=O) groups is 1. The van der Waals surface area contributed by atoms with Gasteiger partial charge in [0.25, 0.3) is 5.91 Å². The maximum atomic E-state index is 12.2. The number of hydrogen-bond donors (Lipinski definition) is 2. The molecule has 3 rings (SSSR count). The van der Waals surface area contributed by atoms with E-state index >= 15 is 0 Å². The van der Waals surface area contributed by atoms with Gasteiger partial charge >= 0.3 is 0 Å². The number of carbonyl (C=O) groups excluding carboxylic acids is 1. The minimum absolute atomic E-state index is 0.0940. The van der Waals surface area contributed by atoms with Gasteiger partial charge in [0.05, 0.1) is 0 Å². The Bertz CT molecular complexity index is 682. The first-order valence-electron chi connectivity index (χ1n) is 6.66. The van der Waals surface area contributed by atoms with Crippen molar-refractivity contribution in [2.75, 3.05) is 5.32 Å². The molecule has 1 aromatic heterocycles. The Kier molecular flexibility index (Phi) is 2.56. The molecule has 0 saturated heterocycles. The van der Waals surface area contributed by atoms with Crippen molar-refractivity contribution < 1.29 is 9.90 Å². The van der Waals surface area contributed by atoms with Gasteiger partial charge in [-0.05, 0) is 32.9 Å². The maximum Gasteiger partial charge on any atom is 0.265 e. The highest BCUT2D eigenvalue weighted by Gasteiger charge is 2.47. The fraction of sp³-hybridized carbons (Fsp3) is 0.312. The highest BCUT2D eigenvalue weighted by atomic mass is 16.3. The van der Waals surface area contributed by atoms with Gasteiger partial charge in [-0.15, -0.1) is 0 Å². The summed E-state index contributed by atoms with van der Waals surface area (Å²) in [4.78, 5) is 12.2. The standard InChI is InChI=1S/C16H18N2O2/c1-15(2,3)18-9-8-11(10-18)16(20)12-6-4-5-7-13(12)17-14(16)19/h4-10,20H,1-3H3,(H,17,19)/t16-/m0/s1. The fourth-order valence-electron chi connectivity index (χ4n) is 2.56. The van der Waals surface area contributed by atoms with Gasteiger partial charge in [0.1, 0.15) is 0 Å². The molecule has 2 heterocycles. The minimum Gasteiger partial charge on any atom is -0.372 e. The molecule has 0 radical (unpaired) electrons. The number of aliphatic hydroxyl groups is 1. The van der Waals surface area contributed by atoms with E-state index in [0.717, 1.165) is 0 Å². The third-order valence-corrected chi connectivity index (χ3v) is 3.78. The largest absolute Gasteiger partial charge is 0.372 e. The molecular formula is C16H18N2O2. The minimum atomic E-state index is -1.60. The Hall–Kier alpha value is -2.07. The molecule has 1 amide bonds. The molecule has 1 aliphatic rings. The predicted molar refractivity (Wildman–Crippen MR) is 77.5 cm³/mol. The molecular weight excluding hydrogens is 252 g/mol. The van der Waals surface area contributed by atoms with Crippen LogP contribution in [-0.4, -0.2) is 15.6 Å². The van der Waals surface area contributed by atoms with Crippen molar-refractivity contribution in [1.82, 2.24) is 4.57 Å². The van der Waals surface area contributed by atoms with Crippen LogP contribution in [-0.2, 0) is 15.9 Å². The number of nitrogens with zero attached hydrogens (tertiary/aromatic N) is 1. The molecule has 2 aromatic rings. The molecule has 0 bridgehead atoms. The van der Waals surface area contributed by atoms with Crippen molar-refractivity contribution >= 4 is 11.6 Å². The molecule has 1 atom stereocenters. The Labute approximate surface area is 118 Å². The number of anilines is 1. The average Bonchev–Trinajstić information content (AvgIpc) is 2.95. The van der Waals surface area contributed by atoms with Crippen molar-refractivity contribution in [2.45, 2.75) is 31.9 Å². The van der Waals surface area contributed by atoms with Gasteiger partial charge in [-0.3, -0.25) is 4.79 Å². The summed E-state index contributed by atoms with van der Waals surface area (Å²) in [5, 5.41) is 13.7. The van der Waals surface area contributed by atoms with Crippen molar-refractivity contribution in [1.29, 1.82) is 0 Å². The van der Waals surface area contributed by atoms with Crippen LogP contribution in [0.15, 0.2) is 42.7 Å². The summed E-state index contributed by atoms with van der Waals surface area (Å²) in [6, 6.07) is 9.04. The normalized spacial score (nSPS) is 21.7. The third kappa shape index (κ3) is 1.68. The van der Waals surface area contributed by atoms with Crippen molar-refractivity contribution in [3.8, 4) is 0 Å². The summed E-state index contributed by atoms with van der Waals surface area (Å²) in [7, 11) is 0. The van der Waals surface area contributed by atoms with Crippen LogP contribution in [0.2, 0.25) is 0 Å². The Morgan fingerprint density at radius 1 is 1.20 bits per heavy atom. The lowest BCUT2D eigenvalue weighted by Crippen LogP contribution is -2.35. The summed E-state index contributed by atoms with van der Waals surface area (Å²) in [6.07, 6.45) is 3.73. The van der Waals surface area contributed by atoms with Crippen LogP contribution < -0.4 is 5.32 Å². The average molecular weight is 270 g/mol. The summed E-state index contributed by atoms with van der Waals surface area (Å²) >= 11 is 0. The number of hydrogen-bond acceptors (Lipinski definition) is 2. The molecule has 1 aromatic carbocycles. The number of aromatic nitrogens is 1. The molecule has 0 aliphatic carbocycles. The monoisotopic (exact) mass is 270 g/mol. The van der Waals surface area contributed by atoms with Crippen LogP contribution in [0.4, 0.5) is 5.69 Å². The number of benzene rings is 1. The van der Waals surface area contributed by atoms with Crippen molar-refractivity contribution in [3.05, 3.63) is 53.9 Å². The van der Waals surface area contributed by atoms with Gasteiger partial charge in [0.15, 0.2) is 5.60 Å². The highest BCUT2D eigenvalue weighted by molar-refractivity contribution is 6.07. The van der Waals surface area contributed by atoms with Gasteiger partial charge in [-0.25, -0.2) is 0 Å². The summed E-state index contributed by atoms with van der Waals surface area (Å²) in [5.74, 6) is -0.398. The van der Waals surface area contributed by atoms with Crippen LogP contribution in [0.25, 0.3) is 0 Å². The van der Waals surface area contributed by atoms with Crippen molar-refractivity contribution in [3.63, 3.8) is 0 Å². The maximum absolute atomic E-state index is 12.2. The molecule has 1 aliphatic heterocycles. The predicted octanol–water partition coefficient (Wildman–Crippen LogP) is 2.43. The fourth-order valence-corrected chi connectivity index (χ4v) is 2.56. The molecule has 4 nitrogen and oxygen atoms in total. The third-order valence-electron chi connectivity index (χ3n) is 3.78. The second kappa shape index (κ2) is 3.96. The number of fused-ring (bicyclic) bond motifs is 1. The number of amides is 1. The Morgan fingerprint density at radius 2 is 1.90 bits per heavy atom. The Morgan fingerprint density at radius 3 is 2.55 bits per heavy atom. The van der Waals surface area contributed by atoms with Crippen LogP contribution >= 0.6 is 0 Å². The summed E-state index contributed by atoms with van der Waals surface area (Å²) in [5.41, 5.74) is 0.172. The first-order valence-corrected chi connectivity index (χ1v) is 6.66. The van der Waals surface area contributed by atoms with Crippen LogP contribution in [0.3, 0.4) is 0 Å². The first kappa shape index (κ1) is 12.9. The van der Waals surface area contributed by atoms with E-state index in [4.69, 9.17) is 0 Å². The van der Waals surface area contributed by atoms with E-state index in [1.165, 1.54) is 0 Å². The van der Waals surface area contributed by atoms with Gasteiger partial charge in [0, 0.05) is 34.7 Å². The van der Waals surface area contributed by atoms with E-state index in [9.17, 15) is 9.90 Å². The molecule has 4 heteroatoms. The van der Waals surface area contributed by atoms with Crippen LogP contribution in [0, 0.1) is 0 Å². The molecule has 0 spiro atoms. The lowest BCUT2D eigenvalue weighted by molar-refractivity contribution is -0.129. The van der Waals surface area contributed by atoms with E-state index in [-0.39, 0.29) is 5.54 Å². The molecule has 0 fully saturated rings. The number of nitrogens with one attached hydrogen (secondary N) is 1. The van der Waals surface area contributed by atoms with E-state index < -0.39 is 11.5 Å². The van der Waals surface area contributed by atoms with E-state index in [1.807, 2.05) is 29.1 Å². The van der Waals surface area contributed by atoms with Gasteiger partial charge < -0.3 is 15.0 Å². The molecule has 20 heavy (non-hydrogen) atoms. The van der Waals surface area contributed by atoms with E-state index in [2.05, 4.69) is 26.1 Å². The number of para-hydroxylation sites is 1. The van der Waals surface area contributed by atoms with Crippen LogP contribution in [0.5, 0.6) is 0 Å². The summed E-state index contributed by atoms with van der Waals surface area (Å²) < 4.78 is 1.99. The second-order valence-corrected chi connectivity index (χ2v) is 6.19. The SMILES string of the molecule is CC(C)(C)n1ccc([C@@]2(O)C(=O)Nc3ccccc32)c1. The lowest BCUT2D eigenvalue weighted by Gasteiger charge is -2.23. The second-order valence-electron chi connectivity index (χ2n) is 6.19. The topological polar surface area (TPSA) is 54.3 Å². The number of rotatable bonds is 1. The van der Waals surface area contributed by atoms with E-state index in [1.54, 1.807) is 18.2 Å². The molecule has 0 unspecified atom stereocenters. The Balaban J connectivity index is 2.13. The molecule has 0 saturated carbocycles. The van der Waals surface area contributed by atoms with Gasteiger partial charge in [-0.1, -0.05) is 18.2 Å². The molecule has 104 valence electrons. The zero-order valence-electron chi connectivity index (χ0n) is 11.8. The van der Waals surface area contributed by atoms with E-state index in [0.29, 0.717) is 16.8 Å². The van der Waals surface area contributed by atoms with Crippen molar-refractivity contribution in [2.24, 2.45) is 0 Å². The molecule has 2 N–H and O–H groups in total. The zero-order chi connectivity index (χ0) is 14.5. The van der Waals surface area contributed by atoms with Gasteiger partial charge in [-0.2, -0.15) is 0 Å². The first-order chi connectivity index (χ1) is 9.33. The lowest BCUT2D eigenvalue weighted by atomic mass is 9.89. The zero-order valence-corrected chi connectivity index (χ0v) is 11.8.